The van der Waals surface area contributed by atoms with E-state index in [4.69, 9.17) is 18.0 Å². The Morgan fingerprint density at radius 1 is 1.61 bits per heavy atom. The summed E-state index contributed by atoms with van der Waals surface area (Å²) in [4.78, 5) is 12.3. The number of nitrogens with two attached hydrogens (primary N) is 1. The van der Waals surface area contributed by atoms with E-state index < -0.39 is 5.54 Å². The largest absolute Gasteiger partial charge is 0.507 e. The summed E-state index contributed by atoms with van der Waals surface area (Å²) >= 11 is 6.95. The van der Waals surface area contributed by atoms with Crippen molar-refractivity contribution < 1.29 is 9.90 Å². The molecule has 1 aromatic carbocycles. The highest BCUT2D eigenvalue weighted by Gasteiger charge is 2.28. The minimum Gasteiger partial charge on any atom is -0.507 e. The van der Waals surface area contributed by atoms with Gasteiger partial charge in [-0.2, -0.15) is 0 Å². The van der Waals surface area contributed by atoms with Crippen molar-refractivity contribution in [3.63, 3.8) is 0 Å². The van der Waals surface area contributed by atoms with E-state index in [2.05, 4.69) is 5.32 Å². The average molecular weight is 378 g/mol. The number of hydrogen-bond acceptors (Lipinski definition) is 3. The van der Waals surface area contributed by atoms with Crippen LogP contribution in [0.5, 0.6) is 5.75 Å². The molecule has 0 aromatic heterocycles. The zero-order valence-electron chi connectivity index (χ0n) is 10.2. The Bertz CT molecular complexity index is 493. The summed E-state index contributed by atoms with van der Waals surface area (Å²) in [7, 11) is 0. The molecule has 0 bridgehead atoms. The third-order valence-electron chi connectivity index (χ3n) is 2.85. The normalized spacial score (nSPS) is 13.7. The first-order valence-corrected chi connectivity index (χ1v) is 6.90. The van der Waals surface area contributed by atoms with Crippen molar-refractivity contribution >= 4 is 45.7 Å². The molecule has 0 heterocycles. The van der Waals surface area contributed by atoms with Crippen molar-refractivity contribution in [1.82, 2.24) is 5.32 Å². The monoisotopic (exact) mass is 378 g/mol. The smallest absolute Gasteiger partial charge is 0.252 e. The van der Waals surface area contributed by atoms with Gasteiger partial charge in [-0.05, 0) is 54.1 Å². The number of phenolic OH excluding ortho intramolecular Hbond substituents is 1. The van der Waals surface area contributed by atoms with Crippen molar-refractivity contribution in [3.05, 3.63) is 27.3 Å². The summed E-state index contributed by atoms with van der Waals surface area (Å²) < 4.78 is 0.691. The van der Waals surface area contributed by atoms with Crippen LogP contribution in [0.15, 0.2) is 18.2 Å². The Morgan fingerprint density at radius 2 is 2.22 bits per heavy atom. The molecule has 1 unspecified atom stereocenters. The van der Waals surface area contributed by atoms with E-state index in [1.54, 1.807) is 19.1 Å². The predicted molar refractivity (Wildman–Crippen MR) is 83.8 cm³/mol. The second-order valence-electron chi connectivity index (χ2n) is 4.17. The Labute approximate surface area is 125 Å². The lowest BCUT2D eigenvalue weighted by molar-refractivity contribution is 0.0926. The van der Waals surface area contributed by atoms with E-state index in [9.17, 15) is 9.90 Å². The second-order valence-corrected chi connectivity index (χ2v) is 5.77. The molecule has 1 amide bonds. The highest BCUT2D eigenvalue weighted by atomic mass is 127. The number of rotatable bonds is 4. The summed E-state index contributed by atoms with van der Waals surface area (Å²) in [5.41, 5.74) is 5.29. The number of nitrogens with one attached hydrogen (secondary N) is 1. The molecule has 0 saturated heterocycles. The van der Waals surface area contributed by atoms with Crippen LogP contribution in [0.2, 0.25) is 0 Å². The molecule has 0 aliphatic carbocycles. The number of carbonyl (C=O) groups is 1. The molecule has 1 rings (SSSR count). The van der Waals surface area contributed by atoms with E-state index in [1.165, 1.54) is 6.07 Å². The molecular formula is C12H15IN2O2S. The van der Waals surface area contributed by atoms with Gasteiger partial charge >= 0.3 is 0 Å². The van der Waals surface area contributed by atoms with Crippen LogP contribution in [-0.2, 0) is 0 Å². The first-order valence-electron chi connectivity index (χ1n) is 5.41. The molecule has 0 spiro atoms. The van der Waals surface area contributed by atoms with E-state index in [0.717, 1.165) is 0 Å². The zero-order valence-corrected chi connectivity index (χ0v) is 13.1. The SMILES string of the molecule is CCC(C)(NC(=O)c1ccc(I)c(O)c1)C(N)=S. The second kappa shape index (κ2) is 5.83. The van der Waals surface area contributed by atoms with Gasteiger partial charge in [0.25, 0.3) is 5.91 Å². The van der Waals surface area contributed by atoms with Crippen molar-refractivity contribution in [3.8, 4) is 5.75 Å². The molecule has 0 radical (unpaired) electrons. The van der Waals surface area contributed by atoms with E-state index in [-0.39, 0.29) is 16.6 Å². The Hall–Kier alpha value is -0.890. The third kappa shape index (κ3) is 3.32. The zero-order chi connectivity index (χ0) is 13.9. The molecule has 0 fully saturated rings. The van der Waals surface area contributed by atoms with Crippen LogP contribution < -0.4 is 11.1 Å². The molecular weight excluding hydrogens is 363 g/mol. The topological polar surface area (TPSA) is 75.3 Å². The molecule has 6 heteroatoms. The number of amides is 1. The van der Waals surface area contributed by atoms with Gasteiger partial charge in [-0.1, -0.05) is 19.1 Å². The van der Waals surface area contributed by atoms with Crippen LogP contribution in [0.1, 0.15) is 30.6 Å². The van der Waals surface area contributed by atoms with Gasteiger partial charge in [0.1, 0.15) is 5.75 Å². The molecule has 1 aromatic rings. The lowest BCUT2D eigenvalue weighted by Crippen LogP contribution is -2.54. The lowest BCUT2D eigenvalue weighted by Gasteiger charge is -2.28. The van der Waals surface area contributed by atoms with Crippen LogP contribution in [0.4, 0.5) is 0 Å². The fourth-order valence-electron chi connectivity index (χ4n) is 1.30. The van der Waals surface area contributed by atoms with Crippen molar-refractivity contribution in [2.45, 2.75) is 25.8 Å². The Morgan fingerprint density at radius 3 is 2.67 bits per heavy atom. The number of phenols is 1. The average Bonchev–Trinajstić information content (AvgIpc) is 2.32. The fraction of sp³-hybridized carbons (Fsp3) is 0.333. The van der Waals surface area contributed by atoms with Gasteiger partial charge in [-0.15, -0.1) is 0 Å². The van der Waals surface area contributed by atoms with Gasteiger partial charge in [0.05, 0.1) is 14.1 Å². The van der Waals surface area contributed by atoms with Crippen molar-refractivity contribution in [2.75, 3.05) is 0 Å². The first-order chi connectivity index (χ1) is 8.30. The van der Waals surface area contributed by atoms with Gasteiger partial charge in [0.2, 0.25) is 0 Å². The number of benzene rings is 1. The quantitative estimate of drug-likeness (QED) is 0.555. The van der Waals surface area contributed by atoms with E-state index in [1.807, 2.05) is 29.5 Å². The summed E-state index contributed by atoms with van der Waals surface area (Å²) in [6.45, 7) is 3.67. The molecule has 98 valence electrons. The highest BCUT2D eigenvalue weighted by molar-refractivity contribution is 14.1. The fourth-order valence-corrected chi connectivity index (χ4v) is 1.83. The minimum absolute atomic E-state index is 0.0803. The molecule has 0 saturated carbocycles. The van der Waals surface area contributed by atoms with Gasteiger partial charge in [-0.25, -0.2) is 0 Å². The maximum atomic E-state index is 12.0. The van der Waals surface area contributed by atoms with Gasteiger partial charge < -0.3 is 16.2 Å². The summed E-state index contributed by atoms with van der Waals surface area (Å²) in [6, 6.07) is 4.74. The molecule has 0 aliphatic rings. The molecule has 0 aliphatic heterocycles. The maximum Gasteiger partial charge on any atom is 0.252 e. The number of halogens is 1. The summed E-state index contributed by atoms with van der Waals surface area (Å²) in [5.74, 6) is -0.226. The molecule has 1 atom stereocenters. The predicted octanol–water partition coefficient (Wildman–Crippen LogP) is 2.18. The Kier molecular flexibility index (Phi) is 4.92. The highest BCUT2D eigenvalue weighted by Crippen LogP contribution is 2.21. The molecule has 4 nitrogen and oxygen atoms in total. The van der Waals surface area contributed by atoms with Crippen LogP contribution in [0.25, 0.3) is 0 Å². The number of hydrogen-bond donors (Lipinski definition) is 3. The molecule has 4 N–H and O–H groups in total. The summed E-state index contributed by atoms with van der Waals surface area (Å²) in [5, 5.41) is 12.4. The summed E-state index contributed by atoms with van der Waals surface area (Å²) in [6.07, 6.45) is 0.602. The van der Waals surface area contributed by atoms with Crippen LogP contribution in [0.3, 0.4) is 0 Å². The van der Waals surface area contributed by atoms with Crippen LogP contribution in [-0.4, -0.2) is 21.5 Å². The Balaban J connectivity index is 2.95. The maximum absolute atomic E-state index is 12.0. The van der Waals surface area contributed by atoms with Gasteiger partial charge in [0, 0.05) is 5.56 Å². The van der Waals surface area contributed by atoms with Gasteiger partial charge in [0.15, 0.2) is 0 Å². The number of aromatic hydroxyl groups is 1. The lowest BCUT2D eigenvalue weighted by atomic mass is 9.98. The standard InChI is InChI=1S/C12H15IN2O2S/c1-3-12(2,11(14)18)15-10(17)7-4-5-8(13)9(16)6-7/h4-6,16H,3H2,1-2H3,(H2,14,18)(H,15,17). The molecule has 18 heavy (non-hydrogen) atoms. The third-order valence-corrected chi connectivity index (χ3v) is 4.21. The van der Waals surface area contributed by atoms with E-state index >= 15 is 0 Å². The number of thiocarbonyl (C=S) groups is 1. The van der Waals surface area contributed by atoms with Crippen molar-refractivity contribution in [2.24, 2.45) is 5.73 Å². The van der Waals surface area contributed by atoms with Gasteiger partial charge in [-0.3, -0.25) is 4.79 Å². The number of carbonyl (C=O) groups excluding carboxylic acids is 1. The van der Waals surface area contributed by atoms with Crippen LogP contribution in [0, 0.1) is 3.57 Å². The van der Waals surface area contributed by atoms with Crippen molar-refractivity contribution in [1.29, 1.82) is 0 Å². The first kappa shape index (κ1) is 15.2. The van der Waals surface area contributed by atoms with Crippen LogP contribution >= 0.6 is 34.8 Å². The minimum atomic E-state index is -0.717. The van der Waals surface area contributed by atoms with E-state index in [0.29, 0.717) is 15.6 Å².